The first-order valence-corrected chi connectivity index (χ1v) is 6.53. The molecule has 2 heterocycles. The number of fused-ring (bicyclic) bond motifs is 1. The Bertz CT molecular complexity index is 693. The second kappa shape index (κ2) is 4.90. The number of nitrogens with zero attached hydrogens (tertiary/aromatic N) is 3. The molecule has 0 saturated heterocycles. The second-order valence-corrected chi connectivity index (χ2v) is 4.76. The summed E-state index contributed by atoms with van der Waals surface area (Å²) in [4.78, 5) is 0. The third-order valence-corrected chi connectivity index (χ3v) is 3.66. The standard InChI is InChI=1S/C15H18N4/c1-18-13(5-8-17-18)6-9-19-10-7-14-12(11-16)3-2-4-15(14)19/h2-5,7-8,10H,6,9,11,16H2,1H3. The van der Waals surface area contributed by atoms with Gasteiger partial charge in [0.1, 0.15) is 0 Å². The smallest absolute Gasteiger partial charge is 0.0492 e. The van der Waals surface area contributed by atoms with Crippen molar-refractivity contribution >= 4 is 10.9 Å². The summed E-state index contributed by atoms with van der Waals surface area (Å²) in [6, 6.07) is 10.5. The van der Waals surface area contributed by atoms with Crippen molar-refractivity contribution in [2.45, 2.75) is 19.5 Å². The van der Waals surface area contributed by atoms with Crippen molar-refractivity contribution in [1.82, 2.24) is 14.3 Å². The molecule has 0 atom stereocenters. The van der Waals surface area contributed by atoms with Gasteiger partial charge in [0, 0.05) is 55.5 Å². The summed E-state index contributed by atoms with van der Waals surface area (Å²) in [5, 5.41) is 5.46. The van der Waals surface area contributed by atoms with Crippen LogP contribution in [0.3, 0.4) is 0 Å². The largest absolute Gasteiger partial charge is 0.347 e. The van der Waals surface area contributed by atoms with Gasteiger partial charge >= 0.3 is 0 Å². The minimum Gasteiger partial charge on any atom is -0.347 e. The molecule has 0 aliphatic rings. The van der Waals surface area contributed by atoms with Crippen LogP contribution in [0.4, 0.5) is 0 Å². The Labute approximate surface area is 112 Å². The number of rotatable bonds is 4. The van der Waals surface area contributed by atoms with Crippen LogP contribution in [-0.4, -0.2) is 14.3 Å². The third kappa shape index (κ3) is 2.15. The van der Waals surface area contributed by atoms with E-state index < -0.39 is 0 Å². The van der Waals surface area contributed by atoms with Crippen LogP contribution in [-0.2, 0) is 26.6 Å². The van der Waals surface area contributed by atoms with Gasteiger partial charge in [0.25, 0.3) is 0 Å². The summed E-state index contributed by atoms with van der Waals surface area (Å²) in [5.74, 6) is 0. The van der Waals surface area contributed by atoms with Crippen LogP contribution in [0.25, 0.3) is 10.9 Å². The summed E-state index contributed by atoms with van der Waals surface area (Å²) >= 11 is 0. The molecule has 2 N–H and O–H groups in total. The summed E-state index contributed by atoms with van der Waals surface area (Å²) in [6.45, 7) is 1.54. The van der Waals surface area contributed by atoms with Crippen LogP contribution in [0.1, 0.15) is 11.3 Å². The second-order valence-electron chi connectivity index (χ2n) is 4.76. The van der Waals surface area contributed by atoms with E-state index in [1.165, 1.54) is 22.2 Å². The molecular formula is C15H18N4. The van der Waals surface area contributed by atoms with Gasteiger partial charge in [-0.3, -0.25) is 4.68 Å². The van der Waals surface area contributed by atoms with Crippen molar-refractivity contribution in [3.8, 4) is 0 Å². The maximum Gasteiger partial charge on any atom is 0.0492 e. The van der Waals surface area contributed by atoms with Gasteiger partial charge in [0.05, 0.1) is 0 Å². The van der Waals surface area contributed by atoms with E-state index in [0.717, 1.165) is 13.0 Å². The molecule has 4 nitrogen and oxygen atoms in total. The fourth-order valence-corrected chi connectivity index (χ4v) is 2.54. The molecule has 19 heavy (non-hydrogen) atoms. The number of hydrogen-bond donors (Lipinski definition) is 1. The lowest BCUT2D eigenvalue weighted by Gasteiger charge is -2.07. The highest BCUT2D eigenvalue weighted by Gasteiger charge is 2.05. The van der Waals surface area contributed by atoms with Gasteiger partial charge in [-0.2, -0.15) is 5.10 Å². The molecule has 0 bridgehead atoms. The van der Waals surface area contributed by atoms with E-state index in [4.69, 9.17) is 5.73 Å². The number of aromatic nitrogens is 3. The highest BCUT2D eigenvalue weighted by atomic mass is 15.3. The lowest BCUT2D eigenvalue weighted by molar-refractivity contribution is 0.649. The molecule has 98 valence electrons. The van der Waals surface area contributed by atoms with Crippen molar-refractivity contribution in [3.05, 3.63) is 54.0 Å². The van der Waals surface area contributed by atoms with Gasteiger partial charge in [0.15, 0.2) is 0 Å². The molecule has 0 unspecified atom stereocenters. The highest BCUT2D eigenvalue weighted by molar-refractivity contribution is 5.83. The molecule has 0 aliphatic carbocycles. The van der Waals surface area contributed by atoms with Crippen molar-refractivity contribution in [2.75, 3.05) is 0 Å². The van der Waals surface area contributed by atoms with Gasteiger partial charge in [-0.05, 0) is 23.8 Å². The van der Waals surface area contributed by atoms with E-state index in [9.17, 15) is 0 Å². The Hall–Kier alpha value is -2.07. The lowest BCUT2D eigenvalue weighted by atomic mass is 10.1. The highest BCUT2D eigenvalue weighted by Crippen LogP contribution is 2.20. The minimum atomic E-state index is 0.586. The molecule has 0 spiro atoms. The molecule has 1 aromatic carbocycles. The molecule has 2 aromatic heterocycles. The quantitative estimate of drug-likeness (QED) is 0.775. The Morgan fingerprint density at radius 2 is 2.11 bits per heavy atom. The van der Waals surface area contributed by atoms with Crippen LogP contribution in [0.5, 0.6) is 0 Å². The summed E-state index contributed by atoms with van der Waals surface area (Å²) in [5.41, 5.74) is 9.48. The van der Waals surface area contributed by atoms with E-state index in [2.05, 4.69) is 46.2 Å². The molecular weight excluding hydrogens is 236 g/mol. The normalized spacial score (nSPS) is 11.3. The van der Waals surface area contributed by atoms with Crippen molar-refractivity contribution in [1.29, 1.82) is 0 Å². The van der Waals surface area contributed by atoms with Crippen LogP contribution in [0, 0.1) is 0 Å². The zero-order valence-electron chi connectivity index (χ0n) is 11.1. The van der Waals surface area contributed by atoms with E-state index >= 15 is 0 Å². The zero-order valence-corrected chi connectivity index (χ0v) is 11.1. The maximum atomic E-state index is 5.78. The molecule has 0 saturated carbocycles. The van der Waals surface area contributed by atoms with E-state index in [1.807, 2.05) is 17.9 Å². The van der Waals surface area contributed by atoms with Crippen LogP contribution < -0.4 is 5.73 Å². The Morgan fingerprint density at radius 1 is 1.21 bits per heavy atom. The topological polar surface area (TPSA) is 48.8 Å². The van der Waals surface area contributed by atoms with Crippen molar-refractivity contribution in [3.63, 3.8) is 0 Å². The average Bonchev–Trinajstić information content (AvgIpc) is 3.02. The number of aryl methyl sites for hydroxylation is 3. The summed E-state index contributed by atoms with van der Waals surface area (Å²) in [6.07, 6.45) is 4.96. The molecule has 0 fully saturated rings. The first kappa shape index (κ1) is 12.0. The van der Waals surface area contributed by atoms with Gasteiger partial charge in [-0.15, -0.1) is 0 Å². The van der Waals surface area contributed by atoms with Gasteiger partial charge in [0.2, 0.25) is 0 Å². The Balaban J connectivity index is 1.88. The van der Waals surface area contributed by atoms with E-state index in [0.29, 0.717) is 6.54 Å². The van der Waals surface area contributed by atoms with Crippen LogP contribution >= 0.6 is 0 Å². The molecule has 0 radical (unpaired) electrons. The first-order valence-electron chi connectivity index (χ1n) is 6.53. The fraction of sp³-hybridized carbons (Fsp3) is 0.267. The third-order valence-electron chi connectivity index (χ3n) is 3.66. The zero-order chi connectivity index (χ0) is 13.2. The van der Waals surface area contributed by atoms with Crippen LogP contribution in [0.2, 0.25) is 0 Å². The molecule has 4 heteroatoms. The van der Waals surface area contributed by atoms with E-state index in [-0.39, 0.29) is 0 Å². The van der Waals surface area contributed by atoms with E-state index in [1.54, 1.807) is 0 Å². The predicted molar refractivity (Wildman–Crippen MR) is 76.7 cm³/mol. The summed E-state index contributed by atoms with van der Waals surface area (Å²) in [7, 11) is 1.98. The SMILES string of the molecule is Cn1nccc1CCn1ccc2c(CN)cccc21. The maximum absolute atomic E-state index is 5.78. The fourth-order valence-electron chi connectivity index (χ4n) is 2.54. The predicted octanol–water partition coefficient (Wildman–Crippen LogP) is 2.08. The average molecular weight is 254 g/mol. The van der Waals surface area contributed by atoms with Crippen molar-refractivity contribution < 1.29 is 0 Å². The van der Waals surface area contributed by atoms with Crippen molar-refractivity contribution in [2.24, 2.45) is 12.8 Å². The molecule has 0 aliphatic heterocycles. The minimum absolute atomic E-state index is 0.586. The monoisotopic (exact) mass is 254 g/mol. The Morgan fingerprint density at radius 3 is 2.84 bits per heavy atom. The van der Waals surface area contributed by atoms with Gasteiger partial charge in [-0.25, -0.2) is 0 Å². The van der Waals surface area contributed by atoms with Crippen LogP contribution in [0.15, 0.2) is 42.7 Å². The number of benzene rings is 1. The first-order chi connectivity index (χ1) is 9.29. The number of hydrogen-bond acceptors (Lipinski definition) is 2. The lowest BCUT2D eigenvalue weighted by Crippen LogP contribution is -2.04. The number of nitrogens with two attached hydrogens (primary N) is 1. The Kier molecular flexibility index (Phi) is 3.09. The molecule has 3 rings (SSSR count). The van der Waals surface area contributed by atoms with Gasteiger partial charge in [-0.1, -0.05) is 12.1 Å². The summed E-state index contributed by atoms with van der Waals surface area (Å²) < 4.78 is 4.21. The molecule has 0 amide bonds. The molecule has 3 aromatic rings. The van der Waals surface area contributed by atoms with Gasteiger partial charge < -0.3 is 10.3 Å².